The molecule has 0 unspecified atom stereocenters. The van der Waals surface area contributed by atoms with Crippen LogP contribution in [0, 0.1) is 10.1 Å². The number of aromatic nitrogens is 2. The van der Waals surface area contributed by atoms with E-state index < -0.39 is 32.4 Å². The van der Waals surface area contributed by atoms with E-state index in [0.29, 0.717) is 12.1 Å². The van der Waals surface area contributed by atoms with Crippen molar-refractivity contribution in [3.63, 3.8) is 0 Å². The quantitative estimate of drug-likeness (QED) is 0.607. The summed E-state index contributed by atoms with van der Waals surface area (Å²) in [6.07, 6.45) is -4.65. The zero-order chi connectivity index (χ0) is 15.9. The molecule has 0 radical (unpaired) electrons. The largest absolute Gasteiger partial charge is 0.416 e. The Kier molecular flexibility index (Phi) is 4.05. The van der Waals surface area contributed by atoms with Gasteiger partial charge in [0.05, 0.1) is 20.5 Å². The SMILES string of the molecule is O=[N+]([O-])c1c(-c2c(Cl)cc(C(F)(F)F)cc2Cl)n[nH]c1Cl. The Hall–Kier alpha value is -1.51. The highest BCUT2D eigenvalue weighted by Gasteiger charge is 2.34. The number of rotatable bonds is 2. The predicted octanol–water partition coefficient (Wildman–Crippen LogP) is 4.96. The Labute approximate surface area is 129 Å². The number of nitrogens with one attached hydrogen (secondary N) is 1. The van der Waals surface area contributed by atoms with Crippen molar-refractivity contribution < 1.29 is 18.1 Å². The first-order valence-corrected chi connectivity index (χ1v) is 6.21. The fourth-order valence-electron chi connectivity index (χ4n) is 1.62. The van der Waals surface area contributed by atoms with Crippen molar-refractivity contribution in [1.29, 1.82) is 0 Å². The van der Waals surface area contributed by atoms with Gasteiger partial charge < -0.3 is 0 Å². The second kappa shape index (κ2) is 5.36. The molecule has 0 aliphatic rings. The molecule has 112 valence electrons. The summed E-state index contributed by atoms with van der Waals surface area (Å²) >= 11 is 17.1. The molecule has 0 fully saturated rings. The summed E-state index contributed by atoms with van der Waals surface area (Å²) in [5.74, 6) is 0. The molecule has 2 aromatic rings. The number of nitro groups is 1. The first kappa shape index (κ1) is 15.9. The van der Waals surface area contributed by atoms with Crippen molar-refractivity contribution in [2.45, 2.75) is 6.18 Å². The number of halogens is 6. The monoisotopic (exact) mass is 359 g/mol. The summed E-state index contributed by atoms with van der Waals surface area (Å²) in [6, 6.07) is 1.21. The minimum absolute atomic E-state index is 0.207. The minimum Gasteiger partial charge on any atom is -0.261 e. The van der Waals surface area contributed by atoms with Crippen LogP contribution in [-0.2, 0) is 6.18 Å². The minimum atomic E-state index is -4.65. The third-order valence-electron chi connectivity index (χ3n) is 2.49. The van der Waals surface area contributed by atoms with E-state index in [9.17, 15) is 23.3 Å². The number of hydrogen-bond acceptors (Lipinski definition) is 3. The van der Waals surface area contributed by atoms with Gasteiger partial charge in [0, 0.05) is 5.56 Å². The third-order valence-corrected chi connectivity index (χ3v) is 3.35. The number of benzene rings is 1. The molecule has 1 aromatic heterocycles. The lowest BCUT2D eigenvalue weighted by atomic mass is 10.1. The molecular weight excluding hydrogens is 357 g/mol. The summed E-state index contributed by atoms with van der Waals surface area (Å²) in [7, 11) is 0. The van der Waals surface area contributed by atoms with E-state index in [1.54, 1.807) is 0 Å². The second-order valence-corrected chi connectivity index (χ2v) is 5.00. The van der Waals surface area contributed by atoms with Crippen LogP contribution < -0.4 is 0 Å². The maximum Gasteiger partial charge on any atom is 0.416 e. The molecule has 21 heavy (non-hydrogen) atoms. The second-order valence-electron chi connectivity index (χ2n) is 3.80. The fraction of sp³-hybridized carbons (Fsp3) is 0.100. The molecule has 1 heterocycles. The maximum atomic E-state index is 12.6. The summed E-state index contributed by atoms with van der Waals surface area (Å²) in [6.45, 7) is 0. The van der Waals surface area contributed by atoms with Gasteiger partial charge in [-0.3, -0.25) is 15.2 Å². The van der Waals surface area contributed by atoms with Gasteiger partial charge in [-0.2, -0.15) is 18.3 Å². The van der Waals surface area contributed by atoms with Crippen LogP contribution in [-0.4, -0.2) is 15.1 Å². The molecule has 0 saturated carbocycles. The van der Waals surface area contributed by atoms with Gasteiger partial charge in [0.25, 0.3) is 0 Å². The summed E-state index contributed by atoms with van der Waals surface area (Å²) in [5, 5.41) is 15.4. The van der Waals surface area contributed by atoms with E-state index >= 15 is 0 Å². The zero-order valence-corrected chi connectivity index (χ0v) is 11.9. The smallest absolute Gasteiger partial charge is 0.261 e. The first-order valence-electron chi connectivity index (χ1n) is 5.07. The van der Waals surface area contributed by atoms with Gasteiger partial charge in [-0.15, -0.1) is 0 Å². The van der Waals surface area contributed by atoms with Crippen LogP contribution in [0.15, 0.2) is 12.1 Å². The molecule has 0 spiro atoms. The fourth-order valence-corrected chi connectivity index (χ4v) is 2.49. The van der Waals surface area contributed by atoms with E-state index in [1.807, 2.05) is 0 Å². The van der Waals surface area contributed by atoms with E-state index in [4.69, 9.17) is 34.8 Å². The highest BCUT2D eigenvalue weighted by Crippen LogP contribution is 2.43. The Bertz CT molecular complexity index is 707. The van der Waals surface area contributed by atoms with Crippen molar-refractivity contribution in [1.82, 2.24) is 10.2 Å². The van der Waals surface area contributed by atoms with Crippen LogP contribution in [0.3, 0.4) is 0 Å². The van der Waals surface area contributed by atoms with Gasteiger partial charge in [-0.1, -0.05) is 34.8 Å². The molecule has 0 aliphatic heterocycles. The number of aromatic amines is 1. The topological polar surface area (TPSA) is 71.8 Å². The lowest BCUT2D eigenvalue weighted by Gasteiger charge is -2.10. The number of alkyl halides is 3. The molecule has 0 atom stereocenters. The summed E-state index contributed by atoms with van der Waals surface area (Å²) in [4.78, 5) is 10.1. The van der Waals surface area contributed by atoms with Crippen molar-refractivity contribution in [2.24, 2.45) is 0 Å². The van der Waals surface area contributed by atoms with Gasteiger partial charge in [0.15, 0.2) is 5.69 Å². The van der Waals surface area contributed by atoms with Crippen molar-refractivity contribution >= 4 is 40.5 Å². The molecule has 0 bridgehead atoms. The molecule has 1 aromatic carbocycles. The predicted molar refractivity (Wildman–Crippen MR) is 70.7 cm³/mol. The Morgan fingerprint density at radius 2 is 1.71 bits per heavy atom. The van der Waals surface area contributed by atoms with Crippen LogP contribution in [0.1, 0.15) is 5.56 Å². The van der Waals surface area contributed by atoms with Crippen LogP contribution in [0.5, 0.6) is 0 Å². The molecule has 0 saturated heterocycles. The molecule has 5 nitrogen and oxygen atoms in total. The Morgan fingerprint density at radius 1 is 1.19 bits per heavy atom. The number of hydrogen-bond donors (Lipinski definition) is 1. The van der Waals surface area contributed by atoms with E-state index in [1.165, 1.54) is 0 Å². The van der Waals surface area contributed by atoms with Gasteiger partial charge in [-0.05, 0) is 12.1 Å². The molecular formula is C10H3Cl3F3N3O2. The van der Waals surface area contributed by atoms with Gasteiger partial charge >= 0.3 is 11.9 Å². The number of H-pyrrole nitrogens is 1. The van der Waals surface area contributed by atoms with Crippen molar-refractivity contribution in [3.05, 3.63) is 43.0 Å². The van der Waals surface area contributed by atoms with Crippen molar-refractivity contribution in [3.8, 4) is 11.3 Å². The Morgan fingerprint density at radius 3 is 2.14 bits per heavy atom. The van der Waals surface area contributed by atoms with Gasteiger partial charge in [-0.25, -0.2) is 0 Å². The summed E-state index contributed by atoms with van der Waals surface area (Å²) in [5.41, 5.74) is -2.25. The highest BCUT2D eigenvalue weighted by atomic mass is 35.5. The van der Waals surface area contributed by atoms with Crippen molar-refractivity contribution in [2.75, 3.05) is 0 Å². The average Bonchev–Trinajstić information content (AvgIpc) is 2.69. The molecule has 2 rings (SSSR count). The van der Waals surface area contributed by atoms with E-state index in [-0.39, 0.29) is 16.4 Å². The van der Waals surface area contributed by atoms with Crippen LogP contribution in [0.25, 0.3) is 11.3 Å². The molecule has 1 N–H and O–H groups in total. The molecule has 0 aliphatic carbocycles. The summed E-state index contributed by atoms with van der Waals surface area (Å²) < 4.78 is 37.9. The van der Waals surface area contributed by atoms with Gasteiger partial charge in [0.1, 0.15) is 0 Å². The highest BCUT2D eigenvalue weighted by molar-refractivity contribution is 6.40. The van der Waals surface area contributed by atoms with Crippen LogP contribution in [0.4, 0.5) is 18.9 Å². The first-order chi connectivity index (χ1) is 9.62. The Balaban J connectivity index is 2.69. The third kappa shape index (κ3) is 2.92. The van der Waals surface area contributed by atoms with Crippen LogP contribution >= 0.6 is 34.8 Å². The van der Waals surface area contributed by atoms with E-state index in [2.05, 4.69) is 10.2 Å². The average molecular weight is 361 g/mol. The van der Waals surface area contributed by atoms with Gasteiger partial charge in [0.2, 0.25) is 5.15 Å². The molecule has 11 heteroatoms. The lowest BCUT2D eigenvalue weighted by Crippen LogP contribution is -2.05. The maximum absolute atomic E-state index is 12.6. The number of nitrogens with zero attached hydrogens (tertiary/aromatic N) is 2. The standard InChI is InChI=1S/C10H3Cl3F3N3O2/c11-4-1-3(10(14,15)16)2-5(12)6(4)7-8(19(20)21)9(13)18-17-7/h1-2H,(H,17,18). The lowest BCUT2D eigenvalue weighted by molar-refractivity contribution is -0.384. The van der Waals surface area contributed by atoms with Crippen LogP contribution in [0.2, 0.25) is 15.2 Å². The normalized spacial score (nSPS) is 11.7. The molecule has 0 amide bonds. The van der Waals surface area contributed by atoms with E-state index in [0.717, 1.165) is 0 Å². The zero-order valence-electron chi connectivity index (χ0n) is 9.63.